The van der Waals surface area contributed by atoms with Crippen LogP contribution >= 0.6 is 0 Å². The second kappa shape index (κ2) is 9.56. The molecule has 2 aromatic heterocycles. The number of H-pyrrole nitrogens is 1. The molecule has 2 N–H and O–H groups in total. The fourth-order valence-electron chi connectivity index (χ4n) is 5.06. The molecule has 2 aliphatic heterocycles. The number of likely N-dealkylation sites (tertiary alicyclic amines) is 1. The van der Waals surface area contributed by atoms with Crippen molar-refractivity contribution >= 4 is 22.5 Å². The standard InChI is InChI=1S/C26H29FN4O3/c1-34-24-5-4-18(27)13-21(24)20-6-9-28-26-22(20)14-23(29-26)17-7-11-30(12-8-17)15-25(33)31-10-2-3-19(31)16-32/h4-7,9,13-14,19,32H,2-3,8,10-12,15-16H2,1H3,(H,28,29)/t19-/m0/s1. The maximum Gasteiger partial charge on any atom is 0.237 e. The SMILES string of the molecule is COc1ccc(F)cc1-c1ccnc2[nH]c(C3=CCN(CC(=O)N4CCC[C@H]4CO)CC3)cc12. The first-order valence-corrected chi connectivity index (χ1v) is 11.7. The Morgan fingerprint density at radius 2 is 2.15 bits per heavy atom. The highest BCUT2D eigenvalue weighted by Gasteiger charge is 2.29. The number of hydrogen-bond donors (Lipinski definition) is 2. The van der Waals surface area contributed by atoms with Crippen LogP contribution in [0, 0.1) is 5.82 Å². The highest BCUT2D eigenvalue weighted by molar-refractivity contribution is 5.96. The van der Waals surface area contributed by atoms with E-state index in [-0.39, 0.29) is 24.4 Å². The number of carbonyl (C=O) groups excluding carboxylic acids is 1. The normalized spacial score (nSPS) is 19.0. The van der Waals surface area contributed by atoms with E-state index in [2.05, 4.69) is 27.0 Å². The summed E-state index contributed by atoms with van der Waals surface area (Å²) >= 11 is 0. The summed E-state index contributed by atoms with van der Waals surface area (Å²) in [5.41, 5.74) is 4.44. The summed E-state index contributed by atoms with van der Waals surface area (Å²) in [6, 6.07) is 8.40. The van der Waals surface area contributed by atoms with E-state index in [9.17, 15) is 14.3 Å². The molecule has 0 spiro atoms. The lowest BCUT2D eigenvalue weighted by atomic mass is 10.0. The smallest absolute Gasteiger partial charge is 0.237 e. The van der Waals surface area contributed by atoms with Crippen molar-refractivity contribution < 1.29 is 19.0 Å². The number of amides is 1. The first kappa shape index (κ1) is 22.6. The van der Waals surface area contributed by atoms with Crippen LogP contribution in [0.5, 0.6) is 5.75 Å². The molecule has 1 saturated heterocycles. The van der Waals surface area contributed by atoms with Crippen molar-refractivity contribution in [2.75, 3.05) is 39.9 Å². The molecule has 3 aromatic rings. The molecule has 1 aromatic carbocycles. The van der Waals surface area contributed by atoms with Gasteiger partial charge in [-0.25, -0.2) is 9.37 Å². The number of methoxy groups -OCH3 is 1. The van der Waals surface area contributed by atoms with Crippen LogP contribution in [0.2, 0.25) is 0 Å². The molecule has 2 aliphatic rings. The second-order valence-corrected chi connectivity index (χ2v) is 8.93. The van der Waals surface area contributed by atoms with E-state index in [1.807, 2.05) is 11.0 Å². The van der Waals surface area contributed by atoms with Crippen LogP contribution in [0.1, 0.15) is 25.0 Å². The number of rotatable bonds is 6. The minimum absolute atomic E-state index is 0.0341. The maximum atomic E-state index is 14.0. The summed E-state index contributed by atoms with van der Waals surface area (Å²) < 4.78 is 19.5. The zero-order valence-electron chi connectivity index (χ0n) is 19.3. The lowest BCUT2D eigenvalue weighted by Gasteiger charge is -2.29. The van der Waals surface area contributed by atoms with Gasteiger partial charge < -0.3 is 19.7 Å². The Morgan fingerprint density at radius 1 is 1.26 bits per heavy atom. The highest BCUT2D eigenvalue weighted by Crippen LogP contribution is 2.36. The van der Waals surface area contributed by atoms with Crippen LogP contribution < -0.4 is 4.74 Å². The number of nitrogens with one attached hydrogen (secondary N) is 1. The summed E-state index contributed by atoms with van der Waals surface area (Å²) in [5, 5.41) is 10.4. The first-order chi connectivity index (χ1) is 16.6. The summed E-state index contributed by atoms with van der Waals surface area (Å²) in [7, 11) is 1.58. The van der Waals surface area contributed by atoms with E-state index in [1.165, 1.54) is 17.7 Å². The van der Waals surface area contributed by atoms with Crippen LogP contribution in [0.15, 0.2) is 42.6 Å². The summed E-state index contributed by atoms with van der Waals surface area (Å²) in [6.07, 6.45) is 6.51. The molecule has 4 heterocycles. The molecule has 0 aliphatic carbocycles. The van der Waals surface area contributed by atoms with Crippen LogP contribution in [0.25, 0.3) is 27.7 Å². The number of aromatic nitrogens is 2. The number of pyridine rings is 1. The molecule has 5 rings (SSSR count). The minimum atomic E-state index is -0.319. The molecule has 7 nitrogen and oxygen atoms in total. The number of ether oxygens (including phenoxy) is 1. The third-order valence-electron chi connectivity index (χ3n) is 6.89. The number of aliphatic hydroxyl groups is 1. The zero-order valence-corrected chi connectivity index (χ0v) is 19.3. The number of aliphatic hydroxyl groups excluding tert-OH is 1. The number of hydrogen-bond acceptors (Lipinski definition) is 5. The van der Waals surface area contributed by atoms with Crippen molar-refractivity contribution in [3.05, 3.63) is 54.1 Å². The van der Waals surface area contributed by atoms with E-state index in [1.54, 1.807) is 19.4 Å². The third kappa shape index (κ3) is 4.31. The van der Waals surface area contributed by atoms with Gasteiger partial charge >= 0.3 is 0 Å². The van der Waals surface area contributed by atoms with E-state index < -0.39 is 0 Å². The Labute approximate surface area is 197 Å². The minimum Gasteiger partial charge on any atom is -0.496 e. The van der Waals surface area contributed by atoms with E-state index in [0.29, 0.717) is 24.4 Å². The zero-order chi connectivity index (χ0) is 23.7. The predicted molar refractivity (Wildman–Crippen MR) is 129 cm³/mol. The van der Waals surface area contributed by atoms with Gasteiger partial charge in [0, 0.05) is 42.5 Å². The fourth-order valence-corrected chi connectivity index (χ4v) is 5.06. The lowest BCUT2D eigenvalue weighted by Crippen LogP contribution is -2.44. The molecule has 1 fully saturated rings. The number of nitrogens with zero attached hydrogens (tertiary/aromatic N) is 3. The molecule has 0 bridgehead atoms. The highest BCUT2D eigenvalue weighted by atomic mass is 19.1. The molecular formula is C26H29FN4O3. The molecule has 34 heavy (non-hydrogen) atoms. The van der Waals surface area contributed by atoms with Crippen LogP contribution in [-0.4, -0.2) is 76.7 Å². The van der Waals surface area contributed by atoms with Crippen molar-refractivity contribution in [1.29, 1.82) is 0 Å². The quantitative estimate of drug-likeness (QED) is 0.584. The van der Waals surface area contributed by atoms with Crippen LogP contribution in [0.4, 0.5) is 4.39 Å². The van der Waals surface area contributed by atoms with Gasteiger partial charge in [0.15, 0.2) is 0 Å². The molecule has 1 amide bonds. The monoisotopic (exact) mass is 464 g/mol. The Bertz CT molecular complexity index is 1240. The van der Waals surface area contributed by atoms with Crippen LogP contribution in [-0.2, 0) is 4.79 Å². The molecule has 0 saturated carbocycles. The van der Waals surface area contributed by atoms with Gasteiger partial charge in [0.05, 0.1) is 26.3 Å². The topological polar surface area (TPSA) is 81.7 Å². The maximum absolute atomic E-state index is 14.0. The average molecular weight is 465 g/mol. The van der Waals surface area contributed by atoms with Gasteiger partial charge in [0.1, 0.15) is 17.2 Å². The van der Waals surface area contributed by atoms with Gasteiger partial charge in [-0.2, -0.15) is 0 Å². The third-order valence-corrected chi connectivity index (χ3v) is 6.89. The number of benzene rings is 1. The Hall–Kier alpha value is -3.23. The van der Waals surface area contributed by atoms with Crippen molar-refractivity contribution in [2.24, 2.45) is 0 Å². The van der Waals surface area contributed by atoms with Crippen molar-refractivity contribution in [1.82, 2.24) is 19.8 Å². The lowest BCUT2D eigenvalue weighted by molar-refractivity contribution is -0.133. The van der Waals surface area contributed by atoms with Crippen LogP contribution in [0.3, 0.4) is 0 Å². The van der Waals surface area contributed by atoms with Gasteiger partial charge in [-0.3, -0.25) is 9.69 Å². The van der Waals surface area contributed by atoms with Crippen molar-refractivity contribution in [2.45, 2.75) is 25.3 Å². The Balaban J connectivity index is 1.35. The largest absolute Gasteiger partial charge is 0.496 e. The van der Waals surface area contributed by atoms with E-state index in [0.717, 1.165) is 54.6 Å². The summed E-state index contributed by atoms with van der Waals surface area (Å²) in [4.78, 5) is 24.5. The number of halogens is 1. The van der Waals surface area contributed by atoms with E-state index in [4.69, 9.17) is 4.74 Å². The summed E-state index contributed by atoms with van der Waals surface area (Å²) in [5.74, 6) is 0.382. The van der Waals surface area contributed by atoms with Crippen molar-refractivity contribution in [3.8, 4) is 16.9 Å². The number of carbonyl (C=O) groups is 1. The number of aromatic amines is 1. The molecule has 0 radical (unpaired) electrons. The second-order valence-electron chi connectivity index (χ2n) is 8.93. The predicted octanol–water partition coefficient (Wildman–Crippen LogP) is 3.45. The molecule has 1 atom stereocenters. The van der Waals surface area contributed by atoms with Gasteiger partial charge in [-0.05, 0) is 60.7 Å². The van der Waals surface area contributed by atoms with Gasteiger partial charge in [0.25, 0.3) is 0 Å². The molecule has 8 heteroatoms. The van der Waals surface area contributed by atoms with Gasteiger partial charge in [0.2, 0.25) is 5.91 Å². The fraction of sp³-hybridized carbons (Fsp3) is 0.385. The molecule has 0 unspecified atom stereocenters. The van der Waals surface area contributed by atoms with Gasteiger partial charge in [-0.15, -0.1) is 0 Å². The Morgan fingerprint density at radius 3 is 2.91 bits per heavy atom. The summed E-state index contributed by atoms with van der Waals surface area (Å²) in [6.45, 7) is 2.61. The van der Waals surface area contributed by atoms with Gasteiger partial charge in [-0.1, -0.05) is 6.08 Å². The van der Waals surface area contributed by atoms with Crippen molar-refractivity contribution in [3.63, 3.8) is 0 Å². The first-order valence-electron chi connectivity index (χ1n) is 11.7. The molecular weight excluding hydrogens is 435 g/mol. The van der Waals surface area contributed by atoms with E-state index >= 15 is 0 Å². The Kier molecular flexibility index (Phi) is 6.34. The average Bonchev–Trinajstić information content (AvgIpc) is 3.51. The molecule has 178 valence electrons. The number of fused-ring (bicyclic) bond motifs is 1.